The molecule has 0 bridgehead atoms. The van der Waals surface area contributed by atoms with Gasteiger partial charge in [-0.15, -0.1) is 12.4 Å². The number of hydrogen-bond donors (Lipinski definition) is 2. The van der Waals surface area contributed by atoms with Gasteiger partial charge in [-0.05, 0) is 11.1 Å². The molecule has 1 atom stereocenters. The fraction of sp³-hybridized carbons (Fsp3) is 0.188. The molecule has 0 radical (unpaired) electrons. The summed E-state index contributed by atoms with van der Waals surface area (Å²) in [6.45, 7) is 0.602. The van der Waals surface area contributed by atoms with Crippen LogP contribution in [0.15, 0.2) is 60.7 Å². The second-order valence-corrected chi connectivity index (χ2v) is 4.46. The van der Waals surface area contributed by atoms with Gasteiger partial charge in [0.15, 0.2) is 0 Å². The van der Waals surface area contributed by atoms with E-state index in [0.717, 1.165) is 11.1 Å². The molecule has 0 aromatic heterocycles. The predicted octanol–water partition coefficient (Wildman–Crippen LogP) is 3.03. The minimum Gasteiger partial charge on any atom is -0.445 e. The molecule has 0 saturated carbocycles. The van der Waals surface area contributed by atoms with Crippen LogP contribution in [0.5, 0.6) is 0 Å². The number of carbonyl (C=O) groups excluding carboxylic acids is 1. The highest BCUT2D eigenvalue weighted by Gasteiger charge is 2.08. The summed E-state index contributed by atoms with van der Waals surface area (Å²) in [4.78, 5) is 11.6. The number of hydrogen-bond acceptors (Lipinski definition) is 3. The van der Waals surface area contributed by atoms with Gasteiger partial charge in [0.1, 0.15) is 6.61 Å². The molecule has 2 rings (SSSR count). The van der Waals surface area contributed by atoms with E-state index in [1.807, 2.05) is 60.7 Å². The van der Waals surface area contributed by atoms with Crippen LogP contribution in [0.2, 0.25) is 0 Å². The van der Waals surface area contributed by atoms with Crippen LogP contribution in [-0.2, 0) is 11.3 Å². The molecule has 0 fully saturated rings. The van der Waals surface area contributed by atoms with E-state index >= 15 is 0 Å². The van der Waals surface area contributed by atoms with Crippen LogP contribution in [-0.4, -0.2) is 12.6 Å². The van der Waals surface area contributed by atoms with Crippen molar-refractivity contribution in [2.24, 2.45) is 5.73 Å². The fourth-order valence-electron chi connectivity index (χ4n) is 1.79. The zero-order chi connectivity index (χ0) is 14.2. The Bertz CT molecular complexity index is 534. The third-order valence-corrected chi connectivity index (χ3v) is 2.91. The molecule has 0 heterocycles. The molecule has 5 heteroatoms. The van der Waals surface area contributed by atoms with E-state index in [1.54, 1.807) is 0 Å². The topological polar surface area (TPSA) is 64.3 Å². The number of nitrogens with one attached hydrogen (secondary N) is 1. The van der Waals surface area contributed by atoms with Crippen LogP contribution in [0.3, 0.4) is 0 Å². The lowest BCUT2D eigenvalue weighted by Crippen LogP contribution is -2.32. The molecule has 2 aromatic carbocycles. The lowest BCUT2D eigenvalue weighted by molar-refractivity contribution is 0.139. The maximum absolute atomic E-state index is 11.6. The summed E-state index contributed by atoms with van der Waals surface area (Å²) in [5, 5.41) is 2.66. The van der Waals surface area contributed by atoms with Crippen molar-refractivity contribution in [1.29, 1.82) is 0 Å². The molecule has 0 aliphatic heterocycles. The second kappa shape index (κ2) is 9.00. The number of ether oxygens (including phenoxy) is 1. The molecule has 2 aromatic rings. The molecule has 4 nitrogen and oxygen atoms in total. The molecule has 3 N–H and O–H groups in total. The van der Waals surface area contributed by atoms with Crippen molar-refractivity contribution < 1.29 is 9.53 Å². The molecule has 21 heavy (non-hydrogen) atoms. The molecular weight excluding hydrogens is 288 g/mol. The summed E-state index contributed by atoms with van der Waals surface area (Å²) in [5.74, 6) is 0. The maximum atomic E-state index is 11.6. The van der Waals surface area contributed by atoms with Crippen molar-refractivity contribution in [2.45, 2.75) is 12.6 Å². The summed E-state index contributed by atoms with van der Waals surface area (Å²) in [7, 11) is 0. The summed E-state index contributed by atoms with van der Waals surface area (Å²) in [5.41, 5.74) is 7.92. The molecule has 1 unspecified atom stereocenters. The lowest BCUT2D eigenvalue weighted by Gasteiger charge is -2.13. The minimum atomic E-state index is -0.458. The third-order valence-electron chi connectivity index (χ3n) is 2.91. The number of benzene rings is 2. The van der Waals surface area contributed by atoms with Crippen molar-refractivity contribution in [3.63, 3.8) is 0 Å². The molecule has 1 amide bonds. The average molecular weight is 307 g/mol. The Morgan fingerprint density at radius 3 is 2.24 bits per heavy atom. The van der Waals surface area contributed by atoms with Crippen molar-refractivity contribution in [3.05, 3.63) is 71.8 Å². The quantitative estimate of drug-likeness (QED) is 0.892. The monoisotopic (exact) mass is 306 g/mol. The van der Waals surface area contributed by atoms with Gasteiger partial charge in [0.25, 0.3) is 0 Å². The number of carbonyl (C=O) groups is 1. The zero-order valence-corrected chi connectivity index (χ0v) is 12.4. The van der Waals surface area contributed by atoms with Gasteiger partial charge >= 0.3 is 6.09 Å². The highest BCUT2D eigenvalue weighted by molar-refractivity contribution is 5.85. The van der Waals surface area contributed by atoms with Crippen LogP contribution in [0.1, 0.15) is 17.2 Å². The van der Waals surface area contributed by atoms with E-state index < -0.39 is 6.09 Å². The lowest BCUT2D eigenvalue weighted by atomic mass is 10.1. The number of alkyl carbamates (subject to hydrolysis) is 1. The zero-order valence-electron chi connectivity index (χ0n) is 11.6. The Kier molecular flexibility index (Phi) is 7.29. The first-order chi connectivity index (χ1) is 9.75. The Hall–Kier alpha value is -2.04. The van der Waals surface area contributed by atoms with E-state index in [2.05, 4.69) is 5.32 Å². The normalized spacial score (nSPS) is 11.1. The summed E-state index contributed by atoms with van der Waals surface area (Å²) >= 11 is 0. The van der Waals surface area contributed by atoms with Gasteiger partial charge in [0.2, 0.25) is 0 Å². The predicted molar refractivity (Wildman–Crippen MR) is 85.2 cm³/mol. The molecule has 0 aliphatic rings. The third kappa shape index (κ3) is 5.85. The Morgan fingerprint density at radius 2 is 1.62 bits per heavy atom. The van der Waals surface area contributed by atoms with Crippen LogP contribution in [0.4, 0.5) is 4.79 Å². The Morgan fingerprint density at radius 1 is 1.05 bits per heavy atom. The van der Waals surface area contributed by atoms with Gasteiger partial charge in [0, 0.05) is 12.6 Å². The second-order valence-electron chi connectivity index (χ2n) is 4.46. The molecule has 112 valence electrons. The molecular formula is C16H19ClN2O2. The van der Waals surface area contributed by atoms with Gasteiger partial charge in [0.05, 0.1) is 0 Å². The summed E-state index contributed by atoms with van der Waals surface area (Å²) in [6.07, 6.45) is -0.458. The van der Waals surface area contributed by atoms with Gasteiger partial charge in [-0.2, -0.15) is 0 Å². The van der Waals surface area contributed by atoms with Gasteiger partial charge in [-0.25, -0.2) is 4.79 Å². The Labute approximate surface area is 130 Å². The standard InChI is InChI=1S/C16H18N2O2.ClH/c17-15(14-9-5-2-6-10-14)11-18-16(19)20-12-13-7-3-1-4-8-13;/h1-10,15H,11-12,17H2,(H,18,19);1H. The van der Waals surface area contributed by atoms with Crippen molar-refractivity contribution >= 4 is 18.5 Å². The fourth-order valence-corrected chi connectivity index (χ4v) is 1.79. The summed E-state index contributed by atoms with van der Waals surface area (Å²) < 4.78 is 5.11. The maximum Gasteiger partial charge on any atom is 0.407 e. The first-order valence-corrected chi connectivity index (χ1v) is 6.51. The smallest absolute Gasteiger partial charge is 0.407 e. The van der Waals surface area contributed by atoms with E-state index in [-0.39, 0.29) is 25.1 Å². The van der Waals surface area contributed by atoms with Gasteiger partial charge in [-0.1, -0.05) is 60.7 Å². The molecule has 0 saturated heterocycles. The Balaban J connectivity index is 0.00000220. The van der Waals surface area contributed by atoms with E-state index in [0.29, 0.717) is 6.54 Å². The van der Waals surface area contributed by atoms with Crippen LogP contribution >= 0.6 is 12.4 Å². The number of halogens is 1. The number of nitrogens with two attached hydrogens (primary N) is 1. The van der Waals surface area contributed by atoms with Crippen molar-refractivity contribution in [2.75, 3.05) is 6.54 Å². The first-order valence-electron chi connectivity index (χ1n) is 6.51. The van der Waals surface area contributed by atoms with E-state index in [4.69, 9.17) is 10.5 Å². The van der Waals surface area contributed by atoms with Crippen LogP contribution in [0, 0.1) is 0 Å². The SMILES string of the molecule is Cl.NC(CNC(=O)OCc1ccccc1)c1ccccc1. The highest BCUT2D eigenvalue weighted by atomic mass is 35.5. The van der Waals surface area contributed by atoms with Gasteiger partial charge < -0.3 is 15.8 Å². The van der Waals surface area contributed by atoms with Gasteiger partial charge in [-0.3, -0.25) is 0 Å². The number of amides is 1. The number of rotatable bonds is 5. The van der Waals surface area contributed by atoms with Crippen LogP contribution < -0.4 is 11.1 Å². The molecule has 0 aliphatic carbocycles. The van der Waals surface area contributed by atoms with E-state index in [1.165, 1.54) is 0 Å². The van der Waals surface area contributed by atoms with Crippen molar-refractivity contribution in [3.8, 4) is 0 Å². The summed E-state index contributed by atoms with van der Waals surface area (Å²) in [6, 6.07) is 18.9. The first kappa shape index (κ1) is 17.0. The van der Waals surface area contributed by atoms with E-state index in [9.17, 15) is 4.79 Å². The van der Waals surface area contributed by atoms with Crippen molar-refractivity contribution in [1.82, 2.24) is 5.32 Å². The minimum absolute atomic E-state index is 0. The molecule has 0 spiro atoms. The van der Waals surface area contributed by atoms with Crippen LogP contribution in [0.25, 0.3) is 0 Å². The largest absolute Gasteiger partial charge is 0.445 e. The highest BCUT2D eigenvalue weighted by Crippen LogP contribution is 2.08. The average Bonchev–Trinajstić information content (AvgIpc) is 2.52.